The van der Waals surface area contributed by atoms with Gasteiger partial charge in [0.25, 0.3) is 5.91 Å². The topological polar surface area (TPSA) is 45.7 Å². The molecule has 0 bridgehead atoms. The molecule has 0 radical (unpaired) electrons. The van der Waals surface area contributed by atoms with Crippen LogP contribution in [0.2, 0.25) is 0 Å². The minimum atomic E-state index is -0.231. The zero-order valence-electron chi connectivity index (χ0n) is 16.8. The van der Waals surface area contributed by atoms with Gasteiger partial charge in [0.2, 0.25) is 0 Å². The molecule has 3 rings (SSSR count). The van der Waals surface area contributed by atoms with Gasteiger partial charge in [-0.05, 0) is 24.5 Å². The molecule has 0 aliphatic heterocycles. The maximum absolute atomic E-state index is 12.9. The first-order chi connectivity index (χ1) is 13.6. The molecule has 0 aliphatic rings. The Kier molecular flexibility index (Phi) is 6.62. The van der Waals surface area contributed by atoms with Crippen molar-refractivity contribution in [2.45, 2.75) is 38.8 Å². The van der Waals surface area contributed by atoms with Gasteiger partial charge in [-0.15, -0.1) is 0 Å². The number of para-hydroxylation sites is 1. The van der Waals surface area contributed by atoms with Crippen LogP contribution in [-0.2, 0) is 4.79 Å². The van der Waals surface area contributed by atoms with E-state index in [1.165, 1.54) is 11.1 Å². The van der Waals surface area contributed by atoms with E-state index in [1.54, 1.807) is 0 Å². The van der Waals surface area contributed by atoms with Crippen LogP contribution in [0.15, 0.2) is 84.9 Å². The van der Waals surface area contributed by atoms with Gasteiger partial charge in [0.05, 0.1) is 0 Å². The molecule has 3 aromatic carbocycles. The Labute approximate surface area is 167 Å². The number of nitrogens with one attached hydrogen (secondary N) is 1. The zero-order chi connectivity index (χ0) is 19.9. The van der Waals surface area contributed by atoms with E-state index in [2.05, 4.69) is 54.8 Å². The Bertz CT molecular complexity index is 851. The third-order valence-electron chi connectivity index (χ3n) is 5.05. The summed E-state index contributed by atoms with van der Waals surface area (Å²) in [5.74, 6) is 0.377. The van der Waals surface area contributed by atoms with Gasteiger partial charge in [-0.3, -0.25) is 4.79 Å². The Hall–Kier alpha value is -2.91. The first kappa shape index (κ1) is 19.8. The molecule has 0 saturated heterocycles. The summed E-state index contributed by atoms with van der Waals surface area (Å²) in [6.07, 6.45) is 0. The smallest absolute Gasteiger partial charge is 0.282 e. The van der Waals surface area contributed by atoms with Crippen LogP contribution in [0.4, 0.5) is 5.69 Å². The molecule has 0 saturated carbocycles. The monoisotopic (exact) mass is 373 g/mol. The van der Waals surface area contributed by atoms with Crippen molar-refractivity contribution in [1.82, 2.24) is 0 Å². The van der Waals surface area contributed by atoms with Crippen LogP contribution in [0, 0.1) is 0 Å². The molecule has 3 N–H and O–H groups in total. The van der Waals surface area contributed by atoms with Gasteiger partial charge in [-0.1, -0.05) is 92.7 Å². The number of hydrogen-bond acceptors (Lipinski definition) is 1. The largest absolute Gasteiger partial charge is 0.326 e. The molecule has 3 nitrogen and oxygen atoms in total. The Morgan fingerprint density at radius 1 is 0.750 bits per heavy atom. The Morgan fingerprint density at radius 2 is 1.25 bits per heavy atom. The van der Waals surface area contributed by atoms with E-state index in [9.17, 15) is 4.79 Å². The van der Waals surface area contributed by atoms with E-state index in [0.29, 0.717) is 5.92 Å². The number of amides is 1. The maximum Gasteiger partial charge on any atom is 0.282 e. The first-order valence-electron chi connectivity index (χ1n) is 9.91. The average Bonchev–Trinajstić information content (AvgIpc) is 2.73. The molecule has 1 amide bonds. The number of benzene rings is 3. The highest BCUT2D eigenvalue weighted by molar-refractivity contribution is 5.94. The third-order valence-corrected chi connectivity index (χ3v) is 5.05. The highest BCUT2D eigenvalue weighted by atomic mass is 16.2. The van der Waals surface area contributed by atoms with Crippen molar-refractivity contribution in [3.05, 3.63) is 102 Å². The van der Waals surface area contributed by atoms with Crippen molar-refractivity contribution in [1.29, 1.82) is 0 Å². The van der Waals surface area contributed by atoms with Gasteiger partial charge in [0, 0.05) is 16.8 Å². The standard InChI is InChI=1S/C25H28N2O/c1-18(2)22-16-10-11-17-23(22)27-25(28)19(3)26-24(20-12-6-4-7-13-20)21-14-8-5-9-15-21/h4-19,24,26H,1-3H3,(H,27,28)/p+1/t19-/m0/s1. The van der Waals surface area contributed by atoms with E-state index in [-0.39, 0.29) is 18.0 Å². The molecular formula is C25H29N2O+. The number of hydrogen-bond donors (Lipinski definition) is 2. The minimum absolute atomic E-state index is 0.0185. The zero-order valence-corrected chi connectivity index (χ0v) is 16.8. The number of quaternary nitrogens is 1. The molecule has 0 fully saturated rings. The average molecular weight is 374 g/mol. The lowest BCUT2D eigenvalue weighted by atomic mass is 9.97. The minimum Gasteiger partial charge on any atom is -0.326 e. The predicted molar refractivity (Wildman–Crippen MR) is 115 cm³/mol. The quantitative estimate of drug-likeness (QED) is 0.630. The summed E-state index contributed by atoms with van der Waals surface area (Å²) in [5.41, 5.74) is 4.44. The summed E-state index contributed by atoms with van der Waals surface area (Å²) < 4.78 is 0. The van der Waals surface area contributed by atoms with E-state index in [0.717, 1.165) is 11.3 Å². The van der Waals surface area contributed by atoms with Crippen molar-refractivity contribution in [3.63, 3.8) is 0 Å². The SMILES string of the molecule is CC(C)c1ccccc1NC(=O)[C@H](C)[NH2+]C(c1ccccc1)c1ccccc1. The molecule has 0 heterocycles. The number of rotatable bonds is 7. The highest BCUT2D eigenvalue weighted by Crippen LogP contribution is 2.24. The normalized spacial score (nSPS) is 12.2. The van der Waals surface area contributed by atoms with Crippen LogP contribution in [0.5, 0.6) is 0 Å². The van der Waals surface area contributed by atoms with Gasteiger partial charge >= 0.3 is 0 Å². The van der Waals surface area contributed by atoms with Crippen LogP contribution in [0.1, 0.15) is 49.4 Å². The van der Waals surface area contributed by atoms with Crippen LogP contribution in [0.25, 0.3) is 0 Å². The van der Waals surface area contributed by atoms with Gasteiger partial charge in [0.1, 0.15) is 6.04 Å². The lowest BCUT2D eigenvalue weighted by Crippen LogP contribution is -2.92. The highest BCUT2D eigenvalue weighted by Gasteiger charge is 2.25. The van der Waals surface area contributed by atoms with E-state index < -0.39 is 0 Å². The summed E-state index contributed by atoms with van der Waals surface area (Å²) in [4.78, 5) is 12.9. The number of nitrogens with two attached hydrogens (primary N) is 1. The van der Waals surface area contributed by atoms with Crippen LogP contribution < -0.4 is 10.6 Å². The summed E-state index contributed by atoms with van der Waals surface area (Å²) in [6.45, 7) is 6.25. The third kappa shape index (κ3) is 4.87. The Balaban J connectivity index is 1.79. The van der Waals surface area contributed by atoms with Crippen molar-refractivity contribution in [2.24, 2.45) is 0 Å². The summed E-state index contributed by atoms with van der Waals surface area (Å²) in [7, 11) is 0. The maximum atomic E-state index is 12.9. The lowest BCUT2D eigenvalue weighted by Gasteiger charge is -2.21. The summed E-state index contributed by atoms with van der Waals surface area (Å²) in [5, 5.41) is 5.27. The molecular weight excluding hydrogens is 344 g/mol. The Morgan fingerprint density at radius 3 is 1.79 bits per heavy atom. The van der Waals surface area contributed by atoms with Gasteiger partial charge in [-0.2, -0.15) is 0 Å². The van der Waals surface area contributed by atoms with Crippen molar-refractivity contribution >= 4 is 11.6 Å². The van der Waals surface area contributed by atoms with E-state index in [1.807, 2.05) is 61.5 Å². The summed E-state index contributed by atoms with van der Waals surface area (Å²) >= 11 is 0. The van der Waals surface area contributed by atoms with E-state index in [4.69, 9.17) is 0 Å². The molecule has 144 valence electrons. The fourth-order valence-electron chi connectivity index (χ4n) is 3.47. The van der Waals surface area contributed by atoms with Crippen LogP contribution in [0.3, 0.4) is 0 Å². The van der Waals surface area contributed by atoms with Crippen LogP contribution >= 0.6 is 0 Å². The number of anilines is 1. The fraction of sp³-hybridized carbons (Fsp3) is 0.240. The predicted octanol–water partition coefficient (Wildman–Crippen LogP) is 4.49. The van der Waals surface area contributed by atoms with Gasteiger partial charge in [0.15, 0.2) is 6.04 Å². The fourth-order valence-corrected chi connectivity index (χ4v) is 3.47. The molecule has 0 spiro atoms. The van der Waals surface area contributed by atoms with Crippen LogP contribution in [-0.4, -0.2) is 11.9 Å². The molecule has 3 aromatic rings. The summed E-state index contributed by atoms with van der Waals surface area (Å²) in [6, 6.07) is 28.6. The number of carbonyl (C=O) groups excluding carboxylic acids is 1. The second-order valence-corrected chi connectivity index (χ2v) is 7.51. The van der Waals surface area contributed by atoms with Crippen molar-refractivity contribution in [2.75, 3.05) is 5.32 Å². The first-order valence-corrected chi connectivity index (χ1v) is 9.91. The molecule has 3 heteroatoms. The molecule has 0 unspecified atom stereocenters. The lowest BCUT2D eigenvalue weighted by molar-refractivity contribution is -0.704. The molecule has 0 aliphatic carbocycles. The second-order valence-electron chi connectivity index (χ2n) is 7.51. The van der Waals surface area contributed by atoms with Crippen molar-refractivity contribution < 1.29 is 10.1 Å². The molecule has 28 heavy (non-hydrogen) atoms. The van der Waals surface area contributed by atoms with Gasteiger partial charge < -0.3 is 10.6 Å². The second kappa shape index (κ2) is 9.34. The van der Waals surface area contributed by atoms with E-state index >= 15 is 0 Å². The molecule has 1 atom stereocenters. The van der Waals surface area contributed by atoms with Crippen molar-refractivity contribution in [3.8, 4) is 0 Å². The molecule has 0 aromatic heterocycles. The number of carbonyl (C=O) groups is 1. The van der Waals surface area contributed by atoms with Gasteiger partial charge in [-0.25, -0.2) is 0 Å².